The molecule has 0 radical (unpaired) electrons. The van der Waals surface area contributed by atoms with Gasteiger partial charge in [-0.2, -0.15) is 0 Å². The average molecular weight is 193 g/mol. The smallest absolute Gasteiger partial charge is 0.129 e. The van der Waals surface area contributed by atoms with Gasteiger partial charge >= 0.3 is 0 Å². The van der Waals surface area contributed by atoms with Crippen LogP contribution < -0.4 is 11.5 Å². The standard InChI is InChI=1S/C11H19N3/c1-4-7-8(5-2)10(12)14-11(13)9(7)6-3/h4-6H2,1-3H3,(H4,12,13,14). The second kappa shape index (κ2) is 4.31. The Labute approximate surface area is 85.5 Å². The molecule has 1 aromatic rings. The lowest BCUT2D eigenvalue weighted by Crippen LogP contribution is -2.09. The van der Waals surface area contributed by atoms with Gasteiger partial charge in [-0.1, -0.05) is 20.8 Å². The zero-order valence-corrected chi connectivity index (χ0v) is 9.22. The second-order valence-electron chi connectivity index (χ2n) is 3.38. The minimum absolute atomic E-state index is 0.596. The molecular weight excluding hydrogens is 174 g/mol. The number of hydrogen-bond acceptors (Lipinski definition) is 3. The lowest BCUT2D eigenvalue weighted by molar-refractivity contribution is 0.965. The summed E-state index contributed by atoms with van der Waals surface area (Å²) in [6, 6.07) is 0. The maximum absolute atomic E-state index is 5.84. The highest BCUT2D eigenvalue weighted by Gasteiger charge is 2.12. The number of nitrogen functional groups attached to an aromatic ring is 2. The Morgan fingerprint density at radius 1 is 0.786 bits per heavy atom. The Morgan fingerprint density at radius 2 is 1.14 bits per heavy atom. The number of nitrogens with two attached hydrogens (primary N) is 2. The van der Waals surface area contributed by atoms with Crippen molar-refractivity contribution in [1.29, 1.82) is 0 Å². The number of nitrogens with zero attached hydrogens (tertiary/aromatic N) is 1. The number of aromatic nitrogens is 1. The highest BCUT2D eigenvalue weighted by molar-refractivity contribution is 5.57. The quantitative estimate of drug-likeness (QED) is 0.771. The summed E-state index contributed by atoms with van der Waals surface area (Å²) >= 11 is 0. The monoisotopic (exact) mass is 193 g/mol. The fourth-order valence-corrected chi connectivity index (χ4v) is 1.97. The van der Waals surface area contributed by atoms with Gasteiger partial charge in [-0.3, -0.25) is 0 Å². The van der Waals surface area contributed by atoms with Crippen LogP contribution in [0, 0.1) is 0 Å². The molecular formula is C11H19N3. The van der Waals surface area contributed by atoms with Gasteiger partial charge in [0.25, 0.3) is 0 Å². The molecule has 0 bridgehead atoms. The van der Waals surface area contributed by atoms with Gasteiger partial charge in [0.15, 0.2) is 0 Å². The largest absolute Gasteiger partial charge is 0.383 e. The van der Waals surface area contributed by atoms with E-state index in [9.17, 15) is 0 Å². The molecule has 0 aliphatic heterocycles. The molecule has 1 heterocycles. The van der Waals surface area contributed by atoms with Gasteiger partial charge in [-0.25, -0.2) is 4.98 Å². The third-order valence-electron chi connectivity index (χ3n) is 2.65. The highest BCUT2D eigenvalue weighted by Crippen LogP contribution is 2.25. The van der Waals surface area contributed by atoms with Crippen LogP contribution in [0.15, 0.2) is 0 Å². The fourth-order valence-electron chi connectivity index (χ4n) is 1.97. The highest BCUT2D eigenvalue weighted by atomic mass is 14.9. The van der Waals surface area contributed by atoms with E-state index in [0.29, 0.717) is 11.6 Å². The molecule has 0 saturated heterocycles. The molecule has 3 heteroatoms. The summed E-state index contributed by atoms with van der Waals surface area (Å²) < 4.78 is 0. The van der Waals surface area contributed by atoms with Crippen molar-refractivity contribution in [3.05, 3.63) is 16.7 Å². The van der Waals surface area contributed by atoms with Crippen LogP contribution in [0.4, 0.5) is 11.6 Å². The predicted octanol–water partition coefficient (Wildman–Crippen LogP) is 1.93. The van der Waals surface area contributed by atoms with E-state index in [1.165, 1.54) is 16.7 Å². The van der Waals surface area contributed by atoms with Gasteiger partial charge in [0.05, 0.1) is 0 Å². The minimum atomic E-state index is 0.596. The van der Waals surface area contributed by atoms with Crippen molar-refractivity contribution in [2.24, 2.45) is 0 Å². The van der Waals surface area contributed by atoms with E-state index in [2.05, 4.69) is 25.8 Å². The van der Waals surface area contributed by atoms with Crippen LogP contribution >= 0.6 is 0 Å². The number of anilines is 2. The summed E-state index contributed by atoms with van der Waals surface area (Å²) in [4.78, 5) is 4.18. The fraction of sp³-hybridized carbons (Fsp3) is 0.545. The third kappa shape index (κ3) is 1.67. The van der Waals surface area contributed by atoms with E-state index in [0.717, 1.165) is 19.3 Å². The molecule has 0 aromatic carbocycles. The zero-order valence-electron chi connectivity index (χ0n) is 9.22. The Kier molecular flexibility index (Phi) is 3.33. The molecule has 14 heavy (non-hydrogen) atoms. The first-order valence-corrected chi connectivity index (χ1v) is 5.21. The molecule has 0 atom stereocenters. The summed E-state index contributed by atoms with van der Waals surface area (Å²) in [5.74, 6) is 1.19. The third-order valence-corrected chi connectivity index (χ3v) is 2.65. The molecule has 3 nitrogen and oxygen atoms in total. The van der Waals surface area contributed by atoms with Gasteiger partial charge in [0.2, 0.25) is 0 Å². The topological polar surface area (TPSA) is 64.9 Å². The van der Waals surface area contributed by atoms with Crippen molar-refractivity contribution in [1.82, 2.24) is 4.98 Å². The minimum Gasteiger partial charge on any atom is -0.383 e. The SMILES string of the molecule is CCc1c(N)nc(N)c(CC)c1CC. The normalized spacial score (nSPS) is 10.5. The Balaban J connectivity index is 3.43. The molecule has 1 rings (SSSR count). The van der Waals surface area contributed by atoms with Crippen molar-refractivity contribution in [3.8, 4) is 0 Å². The van der Waals surface area contributed by atoms with Gasteiger partial charge in [-0.15, -0.1) is 0 Å². The van der Waals surface area contributed by atoms with E-state index in [4.69, 9.17) is 11.5 Å². The Bertz CT molecular complexity index is 304. The molecule has 78 valence electrons. The summed E-state index contributed by atoms with van der Waals surface area (Å²) in [6.07, 6.45) is 2.83. The lowest BCUT2D eigenvalue weighted by atomic mass is 9.97. The zero-order chi connectivity index (χ0) is 10.7. The second-order valence-corrected chi connectivity index (χ2v) is 3.38. The van der Waals surface area contributed by atoms with E-state index in [1.54, 1.807) is 0 Å². The molecule has 0 saturated carbocycles. The van der Waals surface area contributed by atoms with Gasteiger partial charge < -0.3 is 11.5 Å². The lowest BCUT2D eigenvalue weighted by Gasteiger charge is -2.15. The first-order valence-electron chi connectivity index (χ1n) is 5.21. The van der Waals surface area contributed by atoms with Crippen LogP contribution in [0.25, 0.3) is 0 Å². The van der Waals surface area contributed by atoms with E-state index < -0.39 is 0 Å². The number of hydrogen-bond donors (Lipinski definition) is 2. The molecule has 0 spiro atoms. The van der Waals surface area contributed by atoms with E-state index >= 15 is 0 Å². The van der Waals surface area contributed by atoms with Crippen molar-refractivity contribution in [3.63, 3.8) is 0 Å². The van der Waals surface area contributed by atoms with E-state index in [-0.39, 0.29) is 0 Å². The first-order chi connectivity index (χ1) is 6.65. The molecule has 0 aliphatic rings. The molecule has 0 unspecified atom stereocenters. The summed E-state index contributed by atoms with van der Waals surface area (Å²) in [5.41, 5.74) is 15.3. The van der Waals surface area contributed by atoms with Crippen molar-refractivity contribution >= 4 is 11.6 Å². The molecule has 0 amide bonds. The Hall–Kier alpha value is -1.25. The van der Waals surface area contributed by atoms with Crippen molar-refractivity contribution in [2.75, 3.05) is 11.5 Å². The molecule has 4 N–H and O–H groups in total. The van der Waals surface area contributed by atoms with Crippen LogP contribution in [0.3, 0.4) is 0 Å². The van der Waals surface area contributed by atoms with Gasteiger partial charge in [0, 0.05) is 0 Å². The number of pyridine rings is 1. The van der Waals surface area contributed by atoms with E-state index in [1.807, 2.05) is 0 Å². The van der Waals surface area contributed by atoms with Crippen LogP contribution in [0.2, 0.25) is 0 Å². The van der Waals surface area contributed by atoms with Crippen molar-refractivity contribution < 1.29 is 0 Å². The molecule has 1 aromatic heterocycles. The molecule has 0 fully saturated rings. The summed E-state index contributed by atoms with van der Waals surface area (Å²) in [7, 11) is 0. The average Bonchev–Trinajstić information content (AvgIpc) is 2.16. The Morgan fingerprint density at radius 3 is 1.43 bits per heavy atom. The maximum atomic E-state index is 5.84. The van der Waals surface area contributed by atoms with Gasteiger partial charge in [0.1, 0.15) is 11.6 Å². The first kappa shape index (κ1) is 10.8. The van der Waals surface area contributed by atoms with Crippen LogP contribution in [-0.2, 0) is 19.3 Å². The predicted molar refractivity (Wildman–Crippen MR) is 61.2 cm³/mol. The maximum Gasteiger partial charge on any atom is 0.129 e. The van der Waals surface area contributed by atoms with Crippen molar-refractivity contribution in [2.45, 2.75) is 40.0 Å². The van der Waals surface area contributed by atoms with Crippen LogP contribution in [-0.4, -0.2) is 4.98 Å². The summed E-state index contributed by atoms with van der Waals surface area (Å²) in [5, 5.41) is 0. The van der Waals surface area contributed by atoms with Crippen LogP contribution in [0.1, 0.15) is 37.5 Å². The number of rotatable bonds is 3. The van der Waals surface area contributed by atoms with Crippen LogP contribution in [0.5, 0.6) is 0 Å². The molecule has 0 aliphatic carbocycles. The summed E-state index contributed by atoms with van der Waals surface area (Å²) in [6.45, 7) is 6.33. The van der Waals surface area contributed by atoms with Gasteiger partial charge in [-0.05, 0) is 36.0 Å².